The summed E-state index contributed by atoms with van der Waals surface area (Å²) in [6.07, 6.45) is 3.64. The lowest BCUT2D eigenvalue weighted by Crippen LogP contribution is -2.31. The van der Waals surface area contributed by atoms with E-state index < -0.39 is 0 Å². The molecule has 1 aromatic heterocycles. The summed E-state index contributed by atoms with van der Waals surface area (Å²) in [5, 5.41) is 4.48. The number of amidine groups is 1. The van der Waals surface area contributed by atoms with Gasteiger partial charge >= 0.3 is 0 Å². The van der Waals surface area contributed by atoms with E-state index in [9.17, 15) is 9.59 Å². The molecule has 2 amide bonds. The van der Waals surface area contributed by atoms with Gasteiger partial charge in [-0.3, -0.25) is 14.5 Å². The van der Waals surface area contributed by atoms with Gasteiger partial charge in [-0.15, -0.1) is 0 Å². The third-order valence-corrected chi connectivity index (χ3v) is 6.30. The molecule has 34 heavy (non-hydrogen) atoms. The Morgan fingerprint density at radius 2 is 1.91 bits per heavy atom. The summed E-state index contributed by atoms with van der Waals surface area (Å²) in [4.78, 5) is 35.2. The highest BCUT2D eigenvalue weighted by Gasteiger charge is 2.32. The van der Waals surface area contributed by atoms with Crippen molar-refractivity contribution in [2.75, 3.05) is 16.0 Å². The third-order valence-electron chi connectivity index (χ3n) is 5.36. The van der Waals surface area contributed by atoms with E-state index in [-0.39, 0.29) is 17.6 Å². The highest BCUT2D eigenvalue weighted by atomic mass is 32.2. The van der Waals surface area contributed by atoms with Gasteiger partial charge in [-0.2, -0.15) is 0 Å². The molecule has 0 saturated heterocycles. The number of aromatic amines is 1. The molecule has 0 atom stereocenters. The Bertz CT molecular complexity index is 1440. The van der Waals surface area contributed by atoms with Crippen LogP contribution in [0.4, 0.5) is 11.4 Å². The zero-order valence-corrected chi connectivity index (χ0v) is 19.3. The van der Waals surface area contributed by atoms with Gasteiger partial charge in [-0.25, -0.2) is 4.99 Å². The largest absolute Gasteiger partial charge is 0.361 e. The molecular formula is C27H22N4O2S. The van der Waals surface area contributed by atoms with Gasteiger partial charge in [-0.1, -0.05) is 65.9 Å². The van der Waals surface area contributed by atoms with Crippen LogP contribution in [0.5, 0.6) is 0 Å². The van der Waals surface area contributed by atoms with Crippen molar-refractivity contribution in [3.8, 4) is 0 Å². The van der Waals surface area contributed by atoms with E-state index >= 15 is 0 Å². The molecule has 3 aromatic carbocycles. The van der Waals surface area contributed by atoms with Gasteiger partial charge in [0, 0.05) is 17.4 Å². The molecule has 7 heteroatoms. The van der Waals surface area contributed by atoms with E-state index in [2.05, 4.69) is 15.3 Å². The number of amides is 2. The zero-order valence-electron chi connectivity index (χ0n) is 18.5. The minimum absolute atomic E-state index is 0.121. The molecule has 0 saturated carbocycles. The number of rotatable bonds is 5. The molecule has 0 fully saturated rings. The number of hydrogen-bond acceptors (Lipinski definition) is 4. The minimum Gasteiger partial charge on any atom is -0.361 e. The lowest BCUT2D eigenvalue weighted by molar-refractivity contribution is -0.114. The number of hydrogen-bond donors (Lipinski definition) is 2. The second-order valence-corrected chi connectivity index (χ2v) is 8.87. The number of fused-ring (bicyclic) bond motifs is 1. The Balaban J connectivity index is 1.36. The molecule has 2 heterocycles. The molecule has 6 nitrogen and oxygen atoms in total. The zero-order chi connectivity index (χ0) is 23.5. The SMILES string of the molecule is Cc1cccc(/C=C2\N=C(SCC(=O)Nc3ccc4cc[nH]c4c3)N(c3ccccc3)C2=O)c1. The van der Waals surface area contributed by atoms with Crippen molar-refractivity contribution in [1.29, 1.82) is 0 Å². The predicted molar refractivity (Wildman–Crippen MR) is 140 cm³/mol. The van der Waals surface area contributed by atoms with E-state index in [1.54, 1.807) is 11.0 Å². The van der Waals surface area contributed by atoms with Crippen molar-refractivity contribution in [1.82, 2.24) is 4.98 Å². The van der Waals surface area contributed by atoms with Crippen LogP contribution in [0.1, 0.15) is 11.1 Å². The second-order valence-electron chi connectivity index (χ2n) is 7.93. The van der Waals surface area contributed by atoms with Crippen LogP contribution in [0.15, 0.2) is 95.7 Å². The molecule has 0 aliphatic carbocycles. The fourth-order valence-electron chi connectivity index (χ4n) is 3.77. The van der Waals surface area contributed by atoms with Crippen LogP contribution in [0, 0.1) is 6.92 Å². The highest BCUT2D eigenvalue weighted by molar-refractivity contribution is 8.14. The molecule has 1 aliphatic heterocycles. The third kappa shape index (κ3) is 4.65. The quantitative estimate of drug-likeness (QED) is 0.376. The highest BCUT2D eigenvalue weighted by Crippen LogP contribution is 2.29. The Morgan fingerprint density at radius 3 is 2.74 bits per heavy atom. The van der Waals surface area contributed by atoms with Gasteiger partial charge in [-0.05, 0) is 54.3 Å². The summed E-state index contributed by atoms with van der Waals surface area (Å²) in [5.74, 6) is -0.265. The predicted octanol–water partition coefficient (Wildman–Crippen LogP) is 5.59. The van der Waals surface area contributed by atoms with Crippen LogP contribution in [-0.4, -0.2) is 27.7 Å². The molecule has 1 aliphatic rings. The first-order valence-corrected chi connectivity index (χ1v) is 11.8. The van der Waals surface area contributed by atoms with Gasteiger partial charge in [0.2, 0.25) is 5.91 Å². The van der Waals surface area contributed by atoms with Crippen molar-refractivity contribution in [3.63, 3.8) is 0 Å². The number of anilines is 2. The number of nitrogens with zero attached hydrogens (tertiary/aromatic N) is 2. The van der Waals surface area contributed by atoms with Crippen LogP contribution >= 0.6 is 11.8 Å². The summed E-state index contributed by atoms with van der Waals surface area (Å²) < 4.78 is 0. The van der Waals surface area contributed by atoms with E-state index in [1.165, 1.54) is 11.8 Å². The Morgan fingerprint density at radius 1 is 1.06 bits per heavy atom. The monoisotopic (exact) mass is 466 g/mol. The molecule has 2 N–H and O–H groups in total. The Hall–Kier alpha value is -4.10. The molecule has 168 valence electrons. The standard InChI is InChI=1S/C27H22N4O2S/c1-18-6-5-7-19(14-18)15-24-26(33)31(22-8-3-2-4-9-22)27(30-24)34-17-25(32)29-21-11-10-20-12-13-28-23(20)16-21/h2-16,28H,17H2,1H3,(H,29,32)/b24-15-. The van der Waals surface area contributed by atoms with Gasteiger partial charge < -0.3 is 10.3 Å². The molecule has 5 rings (SSSR count). The number of thioether (sulfide) groups is 1. The van der Waals surface area contributed by atoms with Gasteiger partial charge in [0.05, 0.1) is 11.4 Å². The maximum atomic E-state index is 13.3. The first kappa shape index (κ1) is 21.7. The first-order chi connectivity index (χ1) is 16.6. The van der Waals surface area contributed by atoms with Crippen molar-refractivity contribution >= 4 is 57.1 Å². The number of nitrogens with one attached hydrogen (secondary N) is 2. The van der Waals surface area contributed by atoms with Crippen molar-refractivity contribution in [3.05, 3.63) is 102 Å². The van der Waals surface area contributed by atoms with Crippen LogP contribution < -0.4 is 10.2 Å². The van der Waals surface area contributed by atoms with E-state index in [1.807, 2.05) is 92.0 Å². The molecular weight excluding hydrogens is 444 g/mol. The topological polar surface area (TPSA) is 77.6 Å². The first-order valence-electron chi connectivity index (χ1n) is 10.8. The summed E-state index contributed by atoms with van der Waals surface area (Å²) in [6, 6.07) is 24.9. The maximum Gasteiger partial charge on any atom is 0.283 e. The molecule has 4 aromatic rings. The lowest BCUT2D eigenvalue weighted by Gasteiger charge is -2.17. The number of H-pyrrole nitrogens is 1. The molecule has 0 bridgehead atoms. The molecule has 0 unspecified atom stereocenters. The fourth-order valence-corrected chi connectivity index (χ4v) is 4.58. The van der Waals surface area contributed by atoms with Crippen LogP contribution in [0.25, 0.3) is 17.0 Å². The molecule has 0 spiro atoms. The van der Waals surface area contributed by atoms with Gasteiger partial charge in [0.1, 0.15) is 5.70 Å². The summed E-state index contributed by atoms with van der Waals surface area (Å²) in [5.41, 5.74) is 4.73. The number of aliphatic imine (C=N–C) groups is 1. The average Bonchev–Trinajstić information content (AvgIpc) is 3.42. The summed E-state index contributed by atoms with van der Waals surface area (Å²) in [6.45, 7) is 2.01. The smallest absolute Gasteiger partial charge is 0.283 e. The maximum absolute atomic E-state index is 13.3. The van der Waals surface area contributed by atoms with Crippen LogP contribution in [-0.2, 0) is 9.59 Å². The minimum atomic E-state index is -0.215. The fraction of sp³-hybridized carbons (Fsp3) is 0.0741. The van der Waals surface area contributed by atoms with E-state index in [0.717, 1.165) is 22.0 Å². The molecule has 0 radical (unpaired) electrons. The van der Waals surface area contributed by atoms with E-state index in [4.69, 9.17) is 0 Å². The number of benzene rings is 3. The van der Waals surface area contributed by atoms with Crippen molar-refractivity contribution in [2.45, 2.75) is 6.92 Å². The van der Waals surface area contributed by atoms with Crippen LogP contribution in [0.2, 0.25) is 0 Å². The van der Waals surface area contributed by atoms with Crippen LogP contribution in [0.3, 0.4) is 0 Å². The normalized spacial score (nSPS) is 14.6. The number of aromatic nitrogens is 1. The average molecular weight is 467 g/mol. The van der Waals surface area contributed by atoms with Crippen molar-refractivity contribution < 1.29 is 9.59 Å². The Kier molecular flexibility index (Phi) is 6.01. The van der Waals surface area contributed by atoms with E-state index in [0.29, 0.717) is 22.2 Å². The summed E-state index contributed by atoms with van der Waals surface area (Å²) >= 11 is 1.24. The number of para-hydroxylation sites is 1. The van der Waals surface area contributed by atoms with Crippen molar-refractivity contribution in [2.24, 2.45) is 4.99 Å². The van der Waals surface area contributed by atoms with Gasteiger partial charge in [0.25, 0.3) is 5.91 Å². The van der Waals surface area contributed by atoms with Gasteiger partial charge in [0.15, 0.2) is 5.17 Å². The Labute approximate surface area is 201 Å². The second kappa shape index (κ2) is 9.41. The number of carbonyl (C=O) groups is 2. The lowest BCUT2D eigenvalue weighted by atomic mass is 10.1. The summed E-state index contributed by atoms with van der Waals surface area (Å²) in [7, 11) is 0. The number of carbonyl (C=O) groups excluding carboxylic acids is 2. The number of aryl methyl sites for hydroxylation is 1.